The van der Waals surface area contributed by atoms with E-state index < -0.39 is 10.8 Å². The summed E-state index contributed by atoms with van der Waals surface area (Å²) in [4.78, 5) is 22.9. The van der Waals surface area contributed by atoms with Crippen molar-refractivity contribution in [2.45, 2.75) is 33.9 Å². The predicted octanol–water partition coefficient (Wildman–Crippen LogP) is 3.25. The van der Waals surface area contributed by atoms with E-state index >= 15 is 0 Å². The molecule has 0 spiro atoms. The molecule has 2 aromatic heterocycles. The maximum atomic E-state index is 12.4. The standard InChI is InChI=1S/C18H19ClN6O3/c1-11-8-17(25(27)28)24(21-11)10-16(26)20-18-12(2)22-23(13(18)3)9-14-4-6-15(19)7-5-14/h4-8H,9-10H2,1-3H3,(H,20,26). The van der Waals surface area contributed by atoms with E-state index in [9.17, 15) is 14.9 Å². The van der Waals surface area contributed by atoms with Crippen LogP contribution in [0.3, 0.4) is 0 Å². The molecule has 3 aromatic rings. The summed E-state index contributed by atoms with van der Waals surface area (Å²) in [6, 6.07) is 8.77. The number of benzene rings is 1. The first-order valence-electron chi connectivity index (χ1n) is 8.51. The molecule has 0 aliphatic carbocycles. The molecule has 0 unspecified atom stereocenters. The van der Waals surface area contributed by atoms with Crippen LogP contribution >= 0.6 is 11.6 Å². The lowest BCUT2D eigenvalue weighted by molar-refractivity contribution is -0.392. The van der Waals surface area contributed by atoms with Crippen LogP contribution in [0.1, 0.15) is 22.6 Å². The predicted molar refractivity (Wildman–Crippen MR) is 105 cm³/mol. The van der Waals surface area contributed by atoms with E-state index in [1.807, 2.05) is 31.2 Å². The van der Waals surface area contributed by atoms with Gasteiger partial charge in [-0.25, -0.2) is 0 Å². The second-order valence-corrected chi connectivity index (χ2v) is 6.87. The highest BCUT2D eigenvalue weighted by atomic mass is 35.5. The van der Waals surface area contributed by atoms with E-state index in [2.05, 4.69) is 15.5 Å². The van der Waals surface area contributed by atoms with Crippen molar-refractivity contribution in [1.82, 2.24) is 19.6 Å². The Morgan fingerprint density at radius 3 is 2.50 bits per heavy atom. The van der Waals surface area contributed by atoms with Gasteiger partial charge in [0, 0.05) is 5.02 Å². The van der Waals surface area contributed by atoms with Crippen LogP contribution in [0.15, 0.2) is 30.3 Å². The van der Waals surface area contributed by atoms with Gasteiger partial charge in [-0.3, -0.25) is 9.48 Å². The third kappa shape index (κ3) is 4.20. The number of anilines is 1. The first kappa shape index (κ1) is 19.6. The van der Waals surface area contributed by atoms with Crippen molar-refractivity contribution in [2.75, 3.05) is 5.32 Å². The molecule has 1 amide bonds. The van der Waals surface area contributed by atoms with Crippen molar-refractivity contribution >= 4 is 29.0 Å². The highest BCUT2D eigenvalue weighted by Gasteiger charge is 2.21. The SMILES string of the molecule is Cc1cc([N+](=O)[O-])n(CC(=O)Nc2c(C)nn(Cc3ccc(Cl)cc3)c2C)n1. The zero-order valence-corrected chi connectivity index (χ0v) is 16.4. The fourth-order valence-corrected chi connectivity index (χ4v) is 3.03. The highest BCUT2D eigenvalue weighted by molar-refractivity contribution is 6.30. The minimum absolute atomic E-state index is 0.223. The number of carbonyl (C=O) groups is 1. The number of aryl methyl sites for hydroxylation is 2. The van der Waals surface area contributed by atoms with E-state index in [1.165, 1.54) is 6.07 Å². The third-order valence-electron chi connectivity index (χ3n) is 4.25. The summed E-state index contributed by atoms with van der Waals surface area (Å²) in [7, 11) is 0. The maximum absolute atomic E-state index is 12.4. The summed E-state index contributed by atoms with van der Waals surface area (Å²) in [6.07, 6.45) is 0. The van der Waals surface area contributed by atoms with Crippen LogP contribution in [-0.2, 0) is 17.9 Å². The molecule has 1 aromatic carbocycles. The zero-order chi connectivity index (χ0) is 20.4. The summed E-state index contributed by atoms with van der Waals surface area (Å²) in [5, 5.41) is 23.0. The summed E-state index contributed by atoms with van der Waals surface area (Å²) in [5.74, 6) is -0.636. The van der Waals surface area contributed by atoms with Gasteiger partial charge in [0.25, 0.3) is 5.91 Å². The Bertz CT molecular complexity index is 1040. The van der Waals surface area contributed by atoms with E-state index in [-0.39, 0.29) is 12.4 Å². The number of nitro groups is 1. The Labute approximate surface area is 166 Å². The maximum Gasteiger partial charge on any atom is 0.345 e. The van der Waals surface area contributed by atoms with Gasteiger partial charge in [-0.1, -0.05) is 28.8 Å². The van der Waals surface area contributed by atoms with Gasteiger partial charge in [-0.2, -0.15) is 5.10 Å². The summed E-state index contributed by atoms with van der Waals surface area (Å²) >= 11 is 5.91. The Morgan fingerprint density at radius 1 is 1.18 bits per heavy atom. The number of hydrogen-bond donors (Lipinski definition) is 1. The average molecular weight is 403 g/mol. The molecule has 28 heavy (non-hydrogen) atoms. The van der Waals surface area contributed by atoms with Crippen molar-refractivity contribution in [3.05, 3.63) is 68.1 Å². The van der Waals surface area contributed by atoms with Crippen LogP contribution < -0.4 is 5.32 Å². The quantitative estimate of drug-likeness (QED) is 0.503. The first-order chi connectivity index (χ1) is 13.2. The first-order valence-corrected chi connectivity index (χ1v) is 8.89. The summed E-state index contributed by atoms with van der Waals surface area (Å²) in [6.45, 7) is 5.55. The van der Waals surface area contributed by atoms with Gasteiger partial charge in [0.1, 0.15) is 0 Å². The molecule has 0 saturated heterocycles. The van der Waals surface area contributed by atoms with Crippen molar-refractivity contribution < 1.29 is 9.72 Å². The summed E-state index contributed by atoms with van der Waals surface area (Å²) in [5.41, 5.74) is 3.53. The molecule has 0 bridgehead atoms. The van der Waals surface area contributed by atoms with Crippen LogP contribution in [-0.4, -0.2) is 30.4 Å². The summed E-state index contributed by atoms with van der Waals surface area (Å²) < 4.78 is 2.86. The van der Waals surface area contributed by atoms with Crippen LogP contribution in [0.5, 0.6) is 0 Å². The largest absolute Gasteiger partial charge is 0.358 e. The fraction of sp³-hybridized carbons (Fsp3) is 0.278. The third-order valence-corrected chi connectivity index (χ3v) is 4.50. The number of hydrogen-bond acceptors (Lipinski definition) is 5. The second kappa shape index (κ2) is 7.81. The minimum Gasteiger partial charge on any atom is -0.358 e. The van der Waals surface area contributed by atoms with Gasteiger partial charge in [0.05, 0.1) is 35.4 Å². The molecule has 0 fully saturated rings. The van der Waals surface area contributed by atoms with Crippen LogP contribution in [0.25, 0.3) is 0 Å². The van der Waals surface area contributed by atoms with Crippen molar-refractivity contribution in [3.63, 3.8) is 0 Å². The monoisotopic (exact) mass is 402 g/mol. The number of rotatable bonds is 6. The lowest BCUT2D eigenvalue weighted by Crippen LogP contribution is -2.21. The minimum atomic E-state index is -0.562. The van der Waals surface area contributed by atoms with Crippen LogP contribution in [0.2, 0.25) is 5.02 Å². The van der Waals surface area contributed by atoms with Crippen LogP contribution in [0.4, 0.5) is 11.5 Å². The van der Waals surface area contributed by atoms with Gasteiger partial charge in [-0.05, 0) is 43.4 Å². The molecule has 9 nitrogen and oxygen atoms in total. The molecule has 0 aliphatic rings. The van der Waals surface area contributed by atoms with Gasteiger partial charge >= 0.3 is 5.82 Å². The Balaban J connectivity index is 1.75. The highest BCUT2D eigenvalue weighted by Crippen LogP contribution is 2.21. The van der Waals surface area contributed by atoms with Gasteiger partial charge in [-0.15, -0.1) is 4.68 Å². The lowest BCUT2D eigenvalue weighted by atomic mass is 10.2. The lowest BCUT2D eigenvalue weighted by Gasteiger charge is -2.07. The molecule has 0 radical (unpaired) electrons. The van der Waals surface area contributed by atoms with Gasteiger partial charge < -0.3 is 15.4 Å². The van der Waals surface area contributed by atoms with E-state index in [1.54, 1.807) is 18.5 Å². The Hall–Kier alpha value is -3.20. The normalized spacial score (nSPS) is 10.9. The van der Waals surface area contributed by atoms with Crippen molar-refractivity contribution in [3.8, 4) is 0 Å². The fourth-order valence-electron chi connectivity index (χ4n) is 2.90. The molecule has 0 saturated carbocycles. The second-order valence-electron chi connectivity index (χ2n) is 6.44. The number of carbonyl (C=O) groups excluding carboxylic acids is 1. The van der Waals surface area contributed by atoms with Gasteiger partial charge in [0.2, 0.25) is 0 Å². The number of amides is 1. The molecule has 0 aliphatic heterocycles. The molecule has 3 rings (SSSR count). The number of nitrogens with zero attached hydrogens (tertiary/aromatic N) is 5. The number of halogens is 1. The molecule has 0 atom stereocenters. The molecule has 1 N–H and O–H groups in total. The molecule has 10 heteroatoms. The number of nitrogens with one attached hydrogen (secondary N) is 1. The molecular weight excluding hydrogens is 384 g/mol. The Morgan fingerprint density at radius 2 is 1.86 bits per heavy atom. The average Bonchev–Trinajstić information content (AvgIpc) is 3.11. The number of aromatic nitrogens is 4. The molecular formula is C18H19ClN6O3. The smallest absolute Gasteiger partial charge is 0.345 e. The van der Waals surface area contributed by atoms with E-state index in [4.69, 9.17) is 11.6 Å². The van der Waals surface area contributed by atoms with Crippen molar-refractivity contribution in [1.29, 1.82) is 0 Å². The Kier molecular flexibility index (Phi) is 5.46. The van der Waals surface area contributed by atoms with Gasteiger partial charge in [0.15, 0.2) is 6.54 Å². The molecule has 2 heterocycles. The zero-order valence-electron chi connectivity index (χ0n) is 15.6. The van der Waals surface area contributed by atoms with Crippen LogP contribution in [0, 0.1) is 30.9 Å². The topological polar surface area (TPSA) is 108 Å². The van der Waals surface area contributed by atoms with E-state index in [0.717, 1.165) is 15.9 Å². The van der Waals surface area contributed by atoms with Crippen molar-refractivity contribution in [2.24, 2.45) is 0 Å². The van der Waals surface area contributed by atoms with E-state index in [0.29, 0.717) is 28.6 Å². The molecule has 146 valence electrons.